The van der Waals surface area contributed by atoms with Gasteiger partial charge in [-0.2, -0.15) is 0 Å². The van der Waals surface area contributed by atoms with Gasteiger partial charge in [-0.25, -0.2) is 0 Å². The third-order valence-corrected chi connectivity index (χ3v) is 2.89. The van der Waals surface area contributed by atoms with Crippen molar-refractivity contribution in [3.63, 3.8) is 0 Å². The highest BCUT2D eigenvalue weighted by atomic mass is 16.1. The second-order valence-corrected chi connectivity index (χ2v) is 5.33. The van der Waals surface area contributed by atoms with Crippen molar-refractivity contribution in [1.29, 1.82) is 0 Å². The zero-order chi connectivity index (χ0) is 11.4. The number of hydrogen-bond donors (Lipinski definition) is 0. The molecule has 0 aliphatic heterocycles. The summed E-state index contributed by atoms with van der Waals surface area (Å²) in [7, 11) is 0. The summed E-state index contributed by atoms with van der Waals surface area (Å²) in [5.41, 5.74) is -0.0696. The Kier molecular flexibility index (Phi) is 4.57. The van der Waals surface area contributed by atoms with Crippen molar-refractivity contribution in [1.82, 2.24) is 0 Å². The van der Waals surface area contributed by atoms with Gasteiger partial charge >= 0.3 is 0 Å². The van der Waals surface area contributed by atoms with Crippen LogP contribution in [-0.2, 0) is 4.79 Å². The van der Waals surface area contributed by atoms with Crippen LogP contribution in [0.1, 0.15) is 54.4 Å². The largest absolute Gasteiger partial charge is 0.294 e. The van der Waals surface area contributed by atoms with Crippen LogP contribution in [0.5, 0.6) is 0 Å². The van der Waals surface area contributed by atoms with Crippen molar-refractivity contribution in [2.45, 2.75) is 54.4 Å². The van der Waals surface area contributed by atoms with Crippen molar-refractivity contribution in [2.75, 3.05) is 0 Å². The molecule has 0 rings (SSSR count). The van der Waals surface area contributed by atoms with Gasteiger partial charge in [-0.15, -0.1) is 0 Å². The summed E-state index contributed by atoms with van der Waals surface area (Å²) < 4.78 is 0. The predicted octanol–water partition coefficient (Wildman–Crippen LogP) is 3.98. The smallest absolute Gasteiger partial charge is 0.161 e. The van der Waals surface area contributed by atoms with E-state index < -0.39 is 0 Å². The molecule has 82 valence electrons. The summed E-state index contributed by atoms with van der Waals surface area (Å²) in [6.45, 7) is 12.5. The Morgan fingerprint density at radius 1 is 1.07 bits per heavy atom. The zero-order valence-corrected chi connectivity index (χ0v) is 10.5. The van der Waals surface area contributed by atoms with E-state index in [4.69, 9.17) is 0 Å². The molecule has 1 nitrogen and oxygen atoms in total. The molecular weight excluding hydrogens is 172 g/mol. The van der Waals surface area contributed by atoms with Gasteiger partial charge in [0.1, 0.15) is 0 Å². The topological polar surface area (TPSA) is 17.1 Å². The van der Waals surface area contributed by atoms with Crippen LogP contribution in [-0.4, -0.2) is 5.78 Å². The first kappa shape index (κ1) is 13.4. The number of rotatable bonds is 4. The molecule has 0 atom stereocenters. The summed E-state index contributed by atoms with van der Waals surface area (Å²) in [6, 6.07) is 0. The van der Waals surface area contributed by atoms with Crippen LogP contribution in [0, 0.1) is 10.8 Å². The zero-order valence-electron chi connectivity index (χ0n) is 10.5. The first-order valence-corrected chi connectivity index (χ1v) is 5.49. The minimum absolute atomic E-state index is 0.0953. The molecule has 0 saturated carbocycles. The predicted molar refractivity (Wildman–Crippen MR) is 62.3 cm³/mol. The Bertz CT molecular complexity index is 214. The van der Waals surface area contributed by atoms with Crippen LogP contribution in [0.2, 0.25) is 0 Å². The molecule has 0 aromatic carbocycles. The second-order valence-electron chi connectivity index (χ2n) is 5.33. The van der Waals surface area contributed by atoms with Crippen molar-refractivity contribution in [2.24, 2.45) is 10.8 Å². The van der Waals surface area contributed by atoms with E-state index in [-0.39, 0.29) is 16.6 Å². The molecule has 0 aromatic heterocycles. The molecule has 0 saturated heterocycles. The first-order chi connectivity index (χ1) is 6.25. The van der Waals surface area contributed by atoms with Gasteiger partial charge in [-0.1, -0.05) is 47.6 Å². The van der Waals surface area contributed by atoms with Crippen molar-refractivity contribution in [3.8, 4) is 0 Å². The lowest BCUT2D eigenvalue weighted by atomic mass is 9.79. The van der Waals surface area contributed by atoms with Gasteiger partial charge in [0.15, 0.2) is 5.78 Å². The van der Waals surface area contributed by atoms with E-state index in [1.807, 2.05) is 13.0 Å². The van der Waals surface area contributed by atoms with E-state index in [0.717, 1.165) is 12.8 Å². The molecule has 0 bridgehead atoms. The van der Waals surface area contributed by atoms with Crippen LogP contribution >= 0.6 is 0 Å². The molecule has 0 aliphatic carbocycles. The van der Waals surface area contributed by atoms with Crippen LogP contribution in [0.4, 0.5) is 0 Å². The fourth-order valence-corrected chi connectivity index (χ4v) is 1.13. The highest BCUT2D eigenvalue weighted by Gasteiger charge is 2.26. The number of hydrogen-bond acceptors (Lipinski definition) is 1. The quantitative estimate of drug-likeness (QED) is 0.621. The molecule has 14 heavy (non-hydrogen) atoms. The minimum atomic E-state index is -0.165. The SMILES string of the molecule is CCC(C)(CC)C(=O)/C=C/C(C)(C)C. The van der Waals surface area contributed by atoms with E-state index in [2.05, 4.69) is 34.6 Å². The van der Waals surface area contributed by atoms with Crippen molar-refractivity contribution >= 4 is 5.78 Å². The molecule has 0 unspecified atom stereocenters. The second kappa shape index (κ2) is 4.77. The molecular formula is C13H24O. The van der Waals surface area contributed by atoms with E-state index in [1.54, 1.807) is 6.08 Å². The third-order valence-electron chi connectivity index (χ3n) is 2.89. The van der Waals surface area contributed by atoms with Gasteiger partial charge in [-0.3, -0.25) is 4.79 Å². The Hall–Kier alpha value is -0.590. The summed E-state index contributed by atoms with van der Waals surface area (Å²) in [4.78, 5) is 11.9. The molecule has 1 heteroatoms. The fourth-order valence-electron chi connectivity index (χ4n) is 1.13. The monoisotopic (exact) mass is 196 g/mol. The van der Waals surface area contributed by atoms with Crippen LogP contribution in [0.15, 0.2) is 12.2 Å². The van der Waals surface area contributed by atoms with Gasteiger partial charge in [0.25, 0.3) is 0 Å². The van der Waals surface area contributed by atoms with Crippen LogP contribution < -0.4 is 0 Å². The normalized spacial score (nSPS) is 13.6. The highest BCUT2D eigenvalue weighted by molar-refractivity contribution is 5.94. The lowest BCUT2D eigenvalue weighted by Crippen LogP contribution is -2.24. The minimum Gasteiger partial charge on any atom is -0.294 e. The first-order valence-electron chi connectivity index (χ1n) is 5.49. The average molecular weight is 196 g/mol. The number of carbonyl (C=O) groups excluding carboxylic acids is 1. The summed E-state index contributed by atoms with van der Waals surface area (Å²) in [5.74, 6) is 0.262. The summed E-state index contributed by atoms with van der Waals surface area (Å²) >= 11 is 0. The fraction of sp³-hybridized carbons (Fsp3) is 0.769. The Labute approximate surface area is 88.6 Å². The van der Waals surface area contributed by atoms with Gasteiger partial charge in [0, 0.05) is 5.41 Å². The van der Waals surface area contributed by atoms with E-state index in [9.17, 15) is 4.79 Å². The van der Waals surface area contributed by atoms with E-state index in [0.29, 0.717) is 0 Å². The number of carbonyl (C=O) groups is 1. The van der Waals surface area contributed by atoms with Crippen molar-refractivity contribution in [3.05, 3.63) is 12.2 Å². The van der Waals surface area contributed by atoms with E-state index in [1.165, 1.54) is 0 Å². The number of allylic oxidation sites excluding steroid dienone is 2. The third kappa shape index (κ3) is 4.08. The molecule has 0 radical (unpaired) electrons. The highest BCUT2D eigenvalue weighted by Crippen LogP contribution is 2.27. The van der Waals surface area contributed by atoms with Crippen molar-refractivity contribution < 1.29 is 4.79 Å². The maximum absolute atomic E-state index is 11.9. The summed E-state index contributed by atoms with van der Waals surface area (Å²) in [5, 5.41) is 0. The lowest BCUT2D eigenvalue weighted by Gasteiger charge is -2.23. The molecule has 0 amide bonds. The summed E-state index contributed by atoms with van der Waals surface area (Å²) in [6.07, 6.45) is 5.58. The standard InChI is InChI=1S/C13H24O/c1-7-13(6,8-2)11(14)9-10-12(3,4)5/h9-10H,7-8H2,1-6H3/b10-9+. The number of ketones is 1. The Morgan fingerprint density at radius 2 is 1.50 bits per heavy atom. The molecule has 0 fully saturated rings. The molecule has 0 spiro atoms. The Morgan fingerprint density at radius 3 is 1.79 bits per heavy atom. The lowest BCUT2D eigenvalue weighted by molar-refractivity contribution is -0.123. The Balaban J connectivity index is 4.56. The maximum Gasteiger partial charge on any atom is 0.161 e. The average Bonchev–Trinajstić information content (AvgIpc) is 2.11. The van der Waals surface area contributed by atoms with Gasteiger partial charge in [0.05, 0.1) is 0 Å². The maximum atomic E-state index is 11.9. The molecule has 0 aromatic rings. The van der Waals surface area contributed by atoms with E-state index >= 15 is 0 Å². The molecule has 0 N–H and O–H groups in total. The van der Waals surface area contributed by atoms with Gasteiger partial charge < -0.3 is 0 Å². The van der Waals surface area contributed by atoms with Crippen LogP contribution in [0.3, 0.4) is 0 Å². The van der Waals surface area contributed by atoms with Gasteiger partial charge in [0.2, 0.25) is 0 Å². The molecule has 0 aliphatic rings. The molecule has 0 heterocycles. The van der Waals surface area contributed by atoms with Crippen LogP contribution in [0.25, 0.3) is 0 Å². The van der Waals surface area contributed by atoms with Gasteiger partial charge in [-0.05, 0) is 24.3 Å².